The standard InChI is InChI=1S/C14H16BrN3/c1-10-5-7-18(8-6-10)14-11-3-2-4-12(15)13(11)16-9-17-14/h2-4,9-10H,5-8H2,1H3. The summed E-state index contributed by atoms with van der Waals surface area (Å²) in [5.41, 5.74) is 1.00. The summed E-state index contributed by atoms with van der Waals surface area (Å²) < 4.78 is 1.04. The van der Waals surface area contributed by atoms with Gasteiger partial charge in [-0.3, -0.25) is 0 Å². The molecule has 94 valence electrons. The van der Waals surface area contributed by atoms with Crippen molar-refractivity contribution in [2.45, 2.75) is 19.8 Å². The second-order valence-corrected chi connectivity index (χ2v) is 5.86. The number of benzene rings is 1. The van der Waals surface area contributed by atoms with Gasteiger partial charge < -0.3 is 4.90 Å². The van der Waals surface area contributed by atoms with Gasteiger partial charge in [-0.05, 0) is 46.8 Å². The second kappa shape index (κ2) is 4.84. The first-order chi connectivity index (χ1) is 8.75. The van der Waals surface area contributed by atoms with Crippen LogP contribution in [-0.4, -0.2) is 23.1 Å². The maximum absolute atomic E-state index is 4.49. The normalized spacial score (nSPS) is 17.3. The maximum Gasteiger partial charge on any atom is 0.139 e. The summed E-state index contributed by atoms with van der Waals surface area (Å²) in [6.45, 7) is 4.52. The van der Waals surface area contributed by atoms with Crippen molar-refractivity contribution in [1.82, 2.24) is 9.97 Å². The van der Waals surface area contributed by atoms with Gasteiger partial charge in [-0.2, -0.15) is 0 Å². The van der Waals surface area contributed by atoms with Gasteiger partial charge in [-0.15, -0.1) is 0 Å². The minimum Gasteiger partial charge on any atom is -0.356 e. The van der Waals surface area contributed by atoms with Crippen LogP contribution >= 0.6 is 15.9 Å². The number of piperidine rings is 1. The number of anilines is 1. The highest BCUT2D eigenvalue weighted by Crippen LogP contribution is 2.30. The number of hydrogen-bond donors (Lipinski definition) is 0. The molecule has 0 saturated carbocycles. The Morgan fingerprint density at radius 1 is 1.22 bits per heavy atom. The van der Waals surface area contributed by atoms with Crippen LogP contribution in [0.2, 0.25) is 0 Å². The molecule has 3 nitrogen and oxygen atoms in total. The summed E-state index contributed by atoms with van der Waals surface area (Å²) in [6, 6.07) is 6.18. The van der Waals surface area contributed by atoms with Crippen LogP contribution in [0.15, 0.2) is 29.0 Å². The van der Waals surface area contributed by atoms with E-state index in [0.29, 0.717) is 0 Å². The van der Waals surface area contributed by atoms with Crippen LogP contribution in [-0.2, 0) is 0 Å². The number of hydrogen-bond acceptors (Lipinski definition) is 3. The highest BCUT2D eigenvalue weighted by atomic mass is 79.9. The zero-order valence-electron chi connectivity index (χ0n) is 10.4. The first-order valence-electron chi connectivity index (χ1n) is 6.40. The Hall–Kier alpha value is -1.16. The van der Waals surface area contributed by atoms with Crippen LogP contribution in [0.25, 0.3) is 10.9 Å². The molecule has 2 aromatic rings. The lowest BCUT2D eigenvalue weighted by molar-refractivity contribution is 0.437. The molecule has 2 heterocycles. The molecule has 0 bridgehead atoms. The van der Waals surface area contributed by atoms with Gasteiger partial charge in [0.15, 0.2) is 0 Å². The Kier molecular flexibility index (Phi) is 3.20. The first kappa shape index (κ1) is 11.9. The Balaban J connectivity index is 2.04. The maximum atomic E-state index is 4.49. The van der Waals surface area contributed by atoms with E-state index >= 15 is 0 Å². The van der Waals surface area contributed by atoms with Gasteiger partial charge in [-0.1, -0.05) is 13.0 Å². The lowest BCUT2D eigenvalue weighted by Gasteiger charge is -2.31. The van der Waals surface area contributed by atoms with E-state index < -0.39 is 0 Å². The van der Waals surface area contributed by atoms with E-state index in [9.17, 15) is 0 Å². The van der Waals surface area contributed by atoms with Gasteiger partial charge in [0.1, 0.15) is 12.1 Å². The van der Waals surface area contributed by atoms with E-state index in [1.54, 1.807) is 6.33 Å². The molecule has 18 heavy (non-hydrogen) atoms. The molecule has 0 amide bonds. The number of halogens is 1. The molecule has 0 atom stereocenters. The molecule has 0 radical (unpaired) electrons. The molecular weight excluding hydrogens is 290 g/mol. The minimum absolute atomic E-state index is 0.834. The van der Waals surface area contributed by atoms with Crippen LogP contribution in [0.4, 0.5) is 5.82 Å². The van der Waals surface area contributed by atoms with Gasteiger partial charge in [0.05, 0.1) is 5.52 Å². The third kappa shape index (κ3) is 2.09. The van der Waals surface area contributed by atoms with Crippen molar-refractivity contribution >= 4 is 32.7 Å². The third-order valence-electron chi connectivity index (χ3n) is 3.68. The molecule has 0 N–H and O–H groups in total. The largest absolute Gasteiger partial charge is 0.356 e. The van der Waals surface area contributed by atoms with E-state index in [-0.39, 0.29) is 0 Å². The molecule has 3 rings (SSSR count). The van der Waals surface area contributed by atoms with E-state index in [1.165, 1.54) is 12.8 Å². The number of para-hydroxylation sites is 1. The summed E-state index contributed by atoms with van der Waals surface area (Å²) in [6.07, 6.45) is 4.17. The fraction of sp³-hybridized carbons (Fsp3) is 0.429. The molecule has 1 saturated heterocycles. The van der Waals surface area contributed by atoms with Gasteiger partial charge in [0.2, 0.25) is 0 Å². The summed E-state index contributed by atoms with van der Waals surface area (Å²) in [5.74, 6) is 1.91. The van der Waals surface area contributed by atoms with Crippen LogP contribution < -0.4 is 4.90 Å². The van der Waals surface area contributed by atoms with Crippen molar-refractivity contribution < 1.29 is 0 Å². The van der Waals surface area contributed by atoms with Crippen molar-refractivity contribution in [3.8, 4) is 0 Å². The van der Waals surface area contributed by atoms with Crippen LogP contribution in [0.3, 0.4) is 0 Å². The molecule has 1 aliphatic heterocycles. The molecular formula is C14H16BrN3. The molecule has 1 aromatic heterocycles. The summed E-state index contributed by atoms with van der Waals surface area (Å²) >= 11 is 3.56. The van der Waals surface area contributed by atoms with Crippen molar-refractivity contribution in [2.24, 2.45) is 5.92 Å². The molecule has 4 heteroatoms. The van der Waals surface area contributed by atoms with Gasteiger partial charge in [-0.25, -0.2) is 9.97 Å². The topological polar surface area (TPSA) is 29.0 Å². The first-order valence-corrected chi connectivity index (χ1v) is 7.19. The van der Waals surface area contributed by atoms with Crippen LogP contribution in [0.5, 0.6) is 0 Å². The van der Waals surface area contributed by atoms with Crippen LogP contribution in [0.1, 0.15) is 19.8 Å². The molecule has 1 aromatic carbocycles. The summed E-state index contributed by atoms with van der Waals surface area (Å²) in [7, 11) is 0. The third-order valence-corrected chi connectivity index (χ3v) is 4.32. The van der Waals surface area contributed by atoms with E-state index in [2.05, 4.69) is 43.8 Å². The average Bonchev–Trinajstić information content (AvgIpc) is 2.40. The quantitative estimate of drug-likeness (QED) is 0.805. The van der Waals surface area contributed by atoms with Crippen LogP contribution in [0, 0.1) is 5.92 Å². The molecule has 1 aliphatic rings. The second-order valence-electron chi connectivity index (χ2n) is 5.00. The lowest BCUT2D eigenvalue weighted by Crippen LogP contribution is -2.33. The average molecular weight is 306 g/mol. The fourth-order valence-electron chi connectivity index (χ4n) is 2.51. The zero-order chi connectivity index (χ0) is 12.5. The Labute approximate surface area is 115 Å². The van der Waals surface area contributed by atoms with Gasteiger partial charge in [0, 0.05) is 22.9 Å². The smallest absolute Gasteiger partial charge is 0.139 e. The summed E-state index contributed by atoms with van der Waals surface area (Å²) in [5, 5.41) is 1.14. The lowest BCUT2D eigenvalue weighted by atomic mass is 9.99. The van der Waals surface area contributed by atoms with Crippen molar-refractivity contribution in [2.75, 3.05) is 18.0 Å². The number of aromatic nitrogens is 2. The van der Waals surface area contributed by atoms with Crippen molar-refractivity contribution in [3.63, 3.8) is 0 Å². The van der Waals surface area contributed by atoms with Gasteiger partial charge >= 0.3 is 0 Å². The number of rotatable bonds is 1. The van der Waals surface area contributed by atoms with E-state index in [1.807, 2.05) is 12.1 Å². The minimum atomic E-state index is 0.834. The Morgan fingerprint density at radius 2 is 2.00 bits per heavy atom. The van der Waals surface area contributed by atoms with Crippen molar-refractivity contribution in [3.05, 3.63) is 29.0 Å². The molecule has 1 fully saturated rings. The van der Waals surface area contributed by atoms with Crippen molar-refractivity contribution in [1.29, 1.82) is 0 Å². The molecule has 0 spiro atoms. The Morgan fingerprint density at radius 3 is 2.78 bits per heavy atom. The Bertz CT molecular complexity index is 562. The predicted octanol–water partition coefficient (Wildman–Crippen LogP) is 3.63. The zero-order valence-corrected chi connectivity index (χ0v) is 12.0. The molecule has 0 unspecified atom stereocenters. The number of fused-ring (bicyclic) bond motifs is 1. The predicted molar refractivity (Wildman–Crippen MR) is 77.8 cm³/mol. The van der Waals surface area contributed by atoms with Gasteiger partial charge in [0.25, 0.3) is 0 Å². The van der Waals surface area contributed by atoms with E-state index in [4.69, 9.17) is 0 Å². The molecule has 0 aliphatic carbocycles. The highest BCUT2D eigenvalue weighted by Gasteiger charge is 2.19. The SMILES string of the molecule is CC1CCN(c2ncnc3c(Br)cccc23)CC1. The summed E-state index contributed by atoms with van der Waals surface area (Å²) in [4.78, 5) is 11.2. The van der Waals surface area contributed by atoms with E-state index in [0.717, 1.165) is 40.2 Å². The fourth-order valence-corrected chi connectivity index (χ4v) is 2.98. The highest BCUT2D eigenvalue weighted by molar-refractivity contribution is 9.10. The number of nitrogens with zero attached hydrogens (tertiary/aromatic N) is 3. The monoisotopic (exact) mass is 305 g/mol.